The number of fused-ring (bicyclic) bond motifs is 1. The van der Waals surface area contributed by atoms with Crippen molar-refractivity contribution in [2.24, 2.45) is 0 Å². The summed E-state index contributed by atoms with van der Waals surface area (Å²) < 4.78 is 13.8. The van der Waals surface area contributed by atoms with E-state index in [2.05, 4.69) is 41.8 Å². The van der Waals surface area contributed by atoms with Gasteiger partial charge in [0.25, 0.3) is 5.91 Å². The van der Waals surface area contributed by atoms with Crippen molar-refractivity contribution < 1.29 is 19.1 Å². The van der Waals surface area contributed by atoms with Crippen molar-refractivity contribution in [1.29, 1.82) is 0 Å². The highest BCUT2D eigenvalue weighted by Gasteiger charge is 2.29. The summed E-state index contributed by atoms with van der Waals surface area (Å²) in [5.74, 6) is -1.67. The van der Waals surface area contributed by atoms with E-state index in [1.165, 1.54) is 17.7 Å². The molecule has 0 saturated heterocycles. The van der Waals surface area contributed by atoms with E-state index >= 15 is 0 Å². The Labute approximate surface area is 204 Å². The van der Waals surface area contributed by atoms with Gasteiger partial charge < -0.3 is 20.6 Å². The van der Waals surface area contributed by atoms with E-state index in [0.717, 1.165) is 30.6 Å². The molecule has 0 saturated carbocycles. The number of carboxylic acids is 1. The average Bonchev–Trinajstić information content (AvgIpc) is 3.12. The van der Waals surface area contributed by atoms with Crippen LogP contribution < -0.4 is 10.6 Å². The zero-order valence-electron chi connectivity index (χ0n) is 19.8. The van der Waals surface area contributed by atoms with Crippen LogP contribution in [0.25, 0.3) is 11.3 Å². The molecule has 0 spiro atoms. The van der Waals surface area contributed by atoms with E-state index in [-0.39, 0.29) is 12.3 Å². The molecule has 0 fully saturated rings. The summed E-state index contributed by atoms with van der Waals surface area (Å²) in [6.07, 6.45) is 1.86. The normalized spacial score (nSPS) is 14.0. The molecule has 3 aromatic carbocycles. The zero-order chi connectivity index (χ0) is 24.9. The number of aryl methyl sites for hydroxylation is 1. The number of rotatable bonds is 9. The molecular weight excluding hydrogens is 445 g/mol. The minimum atomic E-state index is -0.911. The Hall–Kier alpha value is -3.97. The quantitative estimate of drug-likeness (QED) is 0.386. The first-order valence-corrected chi connectivity index (χ1v) is 11.5. The standard InChI is InChI=1S/C28H28FN3O3/c1-32(2)14-4-6-18-5-3-7-22(15-18)30-27(20-10-8-19(9-11-20)16-25(33)34)26-23-13-12-21(29)17-24(23)31-28(26)35/h3,5,7-13,15,17,30H,4,6,14,16H2,1-2H3,(H,31,35)(H,33,34)/b27-26-. The van der Waals surface area contributed by atoms with Crippen LogP contribution in [0, 0.1) is 5.82 Å². The molecule has 4 rings (SSSR count). The van der Waals surface area contributed by atoms with Gasteiger partial charge in [-0.05, 0) is 80.5 Å². The summed E-state index contributed by atoms with van der Waals surface area (Å²) in [6, 6.07) is 19.3. The van der Waals surface area contributed by atoms with Crippen molar-refractivity contribution in [3.05, 3.63) is 94.8 Å². The van der Waals surface area contributed by atoms with Gasteiger partial charge >= 0.3 is 5.97 Å². The molecule has 1 heterocycles. The van der Waals surface area contributed by atoms with Crippen LogP contribution in [0.1, 0.15) is 28.7 Å². The first-order valence-electron chi connectivity index (χ1n) is 11.5. The molecule has 0 radical (unpaired) electrons. The van der Waals surface area contributed by atoms with Gasteiger partial charge in [-0.1, -0.05) is 36.4 Å². The minimum Gasteiger partial charge on any atom is -0.481 e. The average molecular weight is 474 g/mol. The molecule has 3 aromatic rings. The fraction of sp³-hybridized carbons (Fsp3) is 0.214. The number of amides is 1. The van der Waals surface area contributed by atoms with Crippen molar-refractivity contribution in [2.75, 3.05) is 31.3 Å². The topological polar surface area (TPSA) is 81.7 Å². The fourth-order valence-electron chi connectivity index (χ4n) is 4.18. The number of anilines is 2. The predicted octanol–water partition coefficient (Wildman–Crippen LogP) is 4.88. The second-order valence-corrected chi connectivity index (χ2v) is 8.89. The largest absolute Gasteiger partial charge is 0.481 e. The molecule has 1 aliphatic heterocycles. The lowest BCUT2D eigenvalue weighted by Crippen LogP contribution is -2.13. The van der Waals surface area contributed by atoms with Gasteiger partial charge in [0, 0.05) is 11.3 Å². The summed E-state index contributed by atoms with van der Waals surface area (Å²) in [4.78, 5) is 26.3. The molecule has 0 aromatic heterocycles. The SMILES string of the molecule is CN(C)CCCc1cccc(N/C(=C2\C(=O)Nc3cc(F)ccc32)c2ccc(CC(=O)O)cc2)c1. The van der Waals surface area contributed by atoms with Crippen molar-refractivity contribution >= 4 is 34.5 Å². The molecule has 3 N–H and O–H groups in total. The summed E-state index contributed by atoms with van der Waals surface area (Å²) in [5, 5.41) is 15.3. The highest BCUT2D eigenvalue weighted by molar-refractivity contribution is 6.37. The molecular formula is C28H28FN3O3. The van der Waals surface area contributed by atoms with Crippen LogP contribution in [0.2, 0.25) is 0 Å². The maximum absolute atomic E-state index is 13.8. The van der Waals surface area contributed by atoms with Crippen LogP contribution in [0.15, 0.2) is 66.7 Å². The summed E-state index contributed by atoms with van der Waals surface area (Å²) >= 11 is 0. The molecule has 0 aliphatic carbocycles. The third-order valence-electron chi connectivity index (χ3n) is 5.84. The molecule has 0 atom stereocenters. The Morgan fingerprint density at radius 1 is 1.03 bits per heavy atom. The Morgan fingerprint density at radius 3 is 2.51 bits per heavy atom. The van der Waals surface area contributed by atoms with E-state index in [4.69, 9.17) is 5.11 Å². The third-order valence-corrected chi connectivity index (χ3v) is 5.84. The number of carbonyl (C=O) groups excluding carboxylic acids is 1. The maximum Gasteiger partial charge on any atom is 0.307 e. The van der Waals surface area contributed by atoms with Crippen LogP contribution >= 0.6 is 0 Å². The van der Waals surface area contributed by atoms with Gasteiger partial charge in [0.15, 0.2) is 0 Å². The molecule has 0 unspecified atom stereocenters. The van der Waals surface area contributed by atoms with Gasteiger partial charge in [0.1, 0.15) is 5.82 Å². The molecule has 1 aliphatic rings. The van der Waals surface area contributed by atoms with Gasteiger partial charge in [-0.25, -0.2) is 4.39 Å². The number of aliphatic carboxylic acids is 1. The Kier molecular flexibility index (Phi) is 7.27. The maximum atomic E-state index is 13.8. The Balaban J connectivity index is 1.73. The number of carboxylic acid groups (broad SMARTS) is 1. The molecule has 35 heavy (non-hydrogen) atoms. The lowest BCUT2D eigenvalue weighted by molar-refractivity contribution is -0.136. The number of hydrogen-bond acceptors (Lipinski definition) is 4. The van der Waals surface area contributed by atoms with Crippen molar-refractivity contribution in [1.82, 2.24) is 4.90 Å². The first-order chi connectivity index (χ1) is 16.8. The molecule has 1 amide bonds. The number of nitrogens with zero attached hydrogens (tertiary/aromatic N) is 1. The highest BCUT2D eigenvalue weighted by atomic mass is 19.1. The van der Waals surface area contributed by atoms with Gasteiger partial charge in [-0.15, -0.1) is 0 Å². The lowest BCUT2D eigenvalue weighted by Gasteiger charge is -2.16. The monoisotopic (exact) mass is 473 g/mol. The van der Waals surface area contributed by atoms with Crippen LogP contribution in [0.3, 0.4) is 0 Å². The van der Waals surface area contributed by atoms with Gasteiger partial charge in [0.05, 0.1) is 23.4 Å². The highest BCUT2D eigenvalue weighted by Crippen LogP contribution is 2.38. The Bertz CT molecular complexity index is 1280. The fourth-order valence-corrected chi connectivity index (χ4v) is 4.18. The molecule has 7 heteroatoms. The minimum absolute atomic E-state index is 0.0861. The second kappa shape index (κ2) is 10.5. The van der Waals surface area contributed by atoms with E-state index < -0.39 is 11.8 Å². The molecule has 6 nitrogen and oxygen atoms in total. The van der Waals surface area contributed by atoms with Gasteiger partial charge in [-0.3, -0.25) is 9.59 Å². The number of halogens is 1. The van der Waals surface area contributed by atoms with E-state index in [1.807, 2.05) is 12.1 Å². The van der Waals surface area contributed by atoms with Crippen LogP contribution in [0.4, 0.5) is 15.8 Å². The van der Waals surface area contributed by atoms with Gasteiger partial charge in [0.2, 0.25) is 0 Å². The van der Waals surface area contributed by atoms with E-state index in [0.29, 0.717) is 28.1 Å². The van der Waals surface area contributed by atoms with Crippen molar-refractivity contribution in [2.45, 2.75) is 19.3 Å². The Morgan fingerprint density at radius 2 is 1.80 bits per heavy atom. The van der Waals surface area contributed by atoms with E-state index in [1.54, 1.807) is 30.3 Å². The number of hydrogen-bond donors (Lipinski definition) is 3. The predicted molar refractivity (Wildman–Crippen MR) is 137 cm³/mol. The number of nitrogens with one attached hydrogen (secondary N) is 2. The lowest BCUT2D eigenvalue weighted by atomic mass is 9.98. The van der Waals surface area contributed by atoms with Crippen molar-refractivity contribution in [3.63, 3.8) is 0 Å². The summed E-state index contributed by atoms with van der Waals surface area (Å²) in [6.45, 7) is 0.989. The summed E-state index contributed by atoms with van der Waals surface area (Å²) in [7, 11) is 4.10. The molecule has 180 valence electrons. The number of benzene rings is 3. The van der Waals surface area contributed by atoms with Crippen LogP contribution in [-0.2, 0) is 22.4 Å². The first kappa shape index (κ1) is 24.2. The summed E-state index contributed by atoms with van der Waals surface area (Å²) in [5.41, 5.74) is 5.39. The van der Waals surface area contributed by atoms with E-state index in [9.17, 15) is 14.0 Å². The zero-order valence-corrected chi connectivity index (χ0v) is 19.8. The van der Waals surface area contributed by atoms with Gasteiger partial charge in [-0.2, -0.15) is 0 Å². The second-order valence-electron chi connectivity index (χ2n) is 8.89. The molecule has 0 bridgehead atoms. The smallest absolute Gasteiger partial charge is 0.307 e. The third kappa shape index (κ3) is 5.94. The van der Waals surface area contributed by atoms with Crippen LogP contribution in [0.5, 0.6) is 0 Å². The van der Waals surface area contributed by atoms with Crippen LogP contribution in [-0.4, -0.2) is 42.5 Å². The number of carbonyl (C=O) groups is 2. The van der Waals surface area contributed by atoms with Crippen molar-refractivity contribution in [3.8, 4) is 0 Å².